The second-order valence-corrected chi connectivity index (χ2v) is 8.94. The molecule has 7 nitrogen and oxygen atoms in total. The van der Waals surface area contributed by atoms with E-state index in [0.29, 0.717) is 25.7 Å². The first kappa shape index (κ1) is 23.3. The number of nitrogens with zero attached hydrogens (tertiary/aromatic N) is 2. The number of rotatable bonds is 5. The molecule has 2 saturated heterocycles. The zero-order chi connectivity index (χ0) is 24.0. The smallest absolute Gasteiger partial charge is 0.416 e. The third-order valence-corrected chi connectivity index (χ3v) is 6.75. The third kappa shape index (κ3) is 4.22. The highest BCUT2D eigenvalue weighted by atomic mass is 19.4. The molecule has 2 heterocycles. The van der Waals surface area contributed by atoms with Gasteiger partial charge in [0.15, 0.2) is 0 Å². The van der Waals surface area contributed by atoms with Gasteiger partial charge in [-0.25, -0.2) is 4.79 Å². The fourth-order valence-electron chi connectivity index (χ4n) is 4.89. The highest BCUT2D eigenvalue weighted by molar-refractivity contribution is 6.11. The summed E-state index contributed by atoms with van der Waals surface area (Å²) in [5.41, 5.74) is -2.71. The second-order valence-electron chi connectivity index (χ2n) is 8.94. The first-order valence-corrected chi connectivity index (χ1v) is 11.0. The summed E-state index contributed by atoms with van der Waals surface area (Å²) in [5.74, 6) is -2.27. The number of hydrogen-bond acceptors (Lipinski definition) is 5. The zero-order valence-corrected chi connectivity index (χ0v) is 18.2. The summed E-state index contributed by atoms with van der Waals surface area (Å²) in [7, 11) is 1.22. The van der Waals surface area contributed by atoms with Gasteiger partial charge in [0.25, 0.3) is 0 Å². The molecule has 0 spiro atoms. The van der Waals surface area contributed by atoms with Gasteiger partial charge in [-0.15, -0.1) is 0 Å². The number of piperidine rings is 1. The van der Waals surface area contributed by atoms with E-state index in [4.69, 9.17) is 4.74 Å². The summed E-state index contributed by atoms with van der Waals surface area (Å²) in [5, 5.41) is 0. The van der Waals surface area contributed by atoms with Crippen LogP contribution in [-0.2, 0) is 35.5 Å². The van der Waals surface area contributed by atoms with Gasteiger partial charge in [-0.05, 0) is 43.7 Å². The Kier molecular flexibility index (Phi) is 5.96. The summed E-state index contributed by atoms with van der Waals surface area (Å²) >= 11 is 0. The fourth-order valence-corrected chi connectivity index (χ4v) is 4.89. The molecule has 1 aromatic carbocycles. The number of methoxy groups -OCH3 is 1. The number of hydrogen-bond donors (Lipinski definition) is 0. The van der Waals surface area contributed by atoms with Crippen LogP contribution in [-0.4, -0.2) is 59.2 Å². The van der Waals surface area contributed by atoms with Crippen LogP contribution in [0.15, 0.2) is 24.3 Å². The van der Waals surface area contributed by atoms with Gasteiger partial charge in [-0.1, -0.05) is 18.2 Å². The number of likely N-dealkylation sites (tertiary alicyclic amines) is 2. The minimum atomic E-state index is -4.65. The number of carbonyl (C=O) groups excluding carboxylic acids is 4. The van der Waals surface area contributed by atoms with Gasteiger partial charge in [0.05, 0.1) is 18.1 Å². The van der Waals surface area contributed by atoms with Gasteiger partial charge < -0.3 is 9.64 Å². The molecular weight excluding hydrogens is 441 g/mol. The van der Waals surface area contributed by atoms with Gasteiger partial charge in [0.1, 0.15) is 6.04 Å². The van der Waals surface area contributed by atoms with E-state index in [9.17, 15) is 32.3 Å². The Morgan fingerprint density at radius 2 is 1.88 bits per heavy atom. The van der Waals surface area contributed by atoms with Gasteiger partial charge in [-0.2, -0.15) is 13.2 Å². The van der Waals surface area contributed by atoms with Crippen LogP contribution in [0.3, 0.4) is 0 Å². The molecule has 0 N–H and O–H groups in total. The van der Waals surface area contributed by atoms with Crippen molar-refractivity contribution in [3.05, 3.63) is 35.4 Å². The zero-order valence-electron chi connectivity index (χ0n) is 18.2. The van der Waals surface area contributed by atoms with Crippen molar-refractivity contribution in [1.82, 2.24) is 9.80 Å². The van der Waals surface area contributed by atoms with E-state index >= 15 is 0 Å². The monoisotopic (exact) mass is 466 g/mol. The number of carbonyl (C=O) groups is 4. The lowest BCUT2D eigenvalue weighted by Gasteiger charge is -2.36. The van der Waals surface area contributed by atoms with E-state index in [1.54, 1.807) is 0 Å². The van der Waals surface area contributed by atoms with E-state index in [1.165, 1.54) is 24.1 Å². The molecule has 4 rings (SSSR count). The summed E-state index contributed by atoms with van der Waals surface area (Å²) in [6.45, 7) is 0.270. The molecule has 0 aromatic heterocycles. The lowest BCUT2D eigenvalue weighted by molar-refractivity contribution is -0.155. The van der Waals surface area contributed by atoms with Crippen molar-refractivity contribution in [2.45, 2.75) is 68.6 Å². The summed E-state index contributed by atoms with van der Waals surface area (Å²) < 4.78 is 45.0. The minimum Gasteiger partial charge on any atom is -0.467 e. The predicted molar refractivity (Wildman–Crippen MR) is 109 cm³/mol. The Morgan fingerprint density at radius 3 is 2.52 bits per heavy atom. The van der Waals surface area contributed by atoms with Gasteiger partial charge in [-0.3, -0.25) is 19.3 Å². The first-order chi connectivity index (χ1) is 15.6. The average molecular weight is 466 g/mol. The van der Waals surface area contributed by atoms with Crippen molar-refractivity contribution in [1.29, 1.82) is 0 Å². The number of benzene rings is 1. The first-order valence-electron chi connectivity index (χ1n) is 11.0. The summed E-state index contributed by atoms with van der Waals surface area (Å²) in [4.78, 5) is 54.4. The molecule has 2 atom stereocenters. The van der Waals surface area contributed by atoms with Crippen LogP contribution in [0.4, 0.5) is 13.2 Å². The van der Waals surface area contributed by atoms with Crippen molar-refractivity contribution in [3.8, 4) is 0 Å². The molecule has 178 valence electrons. The number of esters is 1. The molecule has 33 heavy (non-hydrogen) atoms. The maximum Gasteiger partial charge on any atom is 0.416 e. The Morgan fingerprint density at radius 1 is 1.15 bits per heavy atom. The molecule has 0 radical (unpaired) electrons. The van der Waals surface area contributed by atoms with Crippen LogP contribution in [0.5, 0.6) is 0 Å². The molecule has 1 aromatic rings. The highest BCUT2D eigenvalue weighted by Crippen LogP contribution is 2.45. The number of halogens is 3. The summed E-state index contributed by atoms with van der Waals surface area (Å²) in [6.07, 6.45) is -2.48. The molecular formula is C23H25F3N2O5. The Labute approximate surface area is 188 Å². The lowest BCUT2D eigenvalue weighted by Crippen LogP contribution is -2.51. The number of ether oxygens (including phenoxy) is 1. The van der Waals surface area contributed by atoms with Crippen molar-refractivity contribution in [2.75, 3.05) is 13.7 Å². The number of amides is 3. The van der Waals surface area contributed by atoms with E-state index in [-0.39, 0.29) is 24.6 Å². The molecule has 3 aliphatic rings. The average Bonchev–Trinajstić information content (AvgIpc) is 3.58. The van der Waals surface area contributed by atoms with Crippen molar-refractivity contribution < 1.29 is 37.1 Å². The highest BCUT2D eigenvalue weighted by Gasteiger charge is 2.58. The molecule has 3 amide bonds. The van der Waals surface area contributed by atoms with Gasteiger partial charge >= 0.3 is 12.1 Å². The lowest BCUT2D eigenvalue weighted by atomic mass is 9.75. The number of imide groups is 1. The van der Waals surface area contributed by atoms with Crippen LogP contribution in [0, 0.1) is 0 Å². The standard InChI is InChI=1S/C23H25F3N2O5/c1-33-20(31)17-7-2-3-10-27(17)18(29)12-22(13-19(30)28(21(22)32)16-8-9-16)14-5-4-6-15(11-14)23(24,25)26/h4-6,11,16-17H,2-3,7-10,12-13H2,1H3/t17-,22-/m0/s1. The minimum absolute atomic E-state index is 0.0150. The van der Waals surface area contributed by atoms with E-state index in [2.05, 4.69) is 0 Å². The second kappa shape index (κ2) is 8.46. The molecule has 2 aliphatic heterocycles. The van der Waals surface area contributed by atoms with Gasteiger partial charge in [0.2, 0.25) is 17.7 Å². The Balaban J connectivity index is 1.73. The molecule has 3 fully saturated rings. The van der Waals surface area contributed by atoms with E-state index in [0.717, 1.165) is 23.5 Å². The maximum atomic E-state index is 13.5. The number of alkyl halides is 3. The third-order valence-electron chi connectivity index (χ3n) is 6.75. The fraction of sp³-hybridized carbons (Fsp3) is 0.565. The SMILES string of the molecule is COC(=O)[C@@H]1CCCCN1C(=O)C[C@@]1(c2cccc(C(F)(F)F)c2)CC(=O)N(C2CC2)C1=O. The van der Waals surface area contributed by atoms with Crippen LogP contribution in [0.2, 0.25) is 0 Å². The van der Waals surface area contributed by atoms with Crippen molar-refractivity contribution >= 4 is 23.7 Å². The Bertz CT molecular complexity index is 991. The predicted octanol–water partition coefficient (Wildman–Crippen LogP) is 2.81. The van der Waals surface area contributed by atoms with Crippen LogP contribution < -0.4 is 0 Å². The van der Waals surface area contributed by atoms with Crippen LogP contribution >= 0.6 is 0 Å². The quantitative estimate of drug-likeness (QED) is 0.492. The van der Waals surface area contributed by atoms with Crippen LogP contribution in [0.25, 0.3) is 0 Å². The van der Waals surface area contributed by atoms with Crippen molar-refractivity contribution in [2.24, 2.45) is 0 Å². The molecule has 0 unspecified atom stereocenters. The largest absolute Gasteiger partial charge is 0.467 e. The van der Waals surface area contributed by atoms with E-state index in [1.807, 2.05) is 0 Å². The van der Waals surface area contributed by atoms with Gasteiger partial charge in [0, 0.05) is 25.4 Å². The maximum absolute atomic E-state index is 13.5. The molecule has 1 saturated carbocycles. The normalized spacial score (nSPS) is 26.0. The Hall–Kier alpha value is -2.91. The molecule has 10 heteroatoms. The summed E-state index contributed by atoms with van der Waals surface area (Å²) in [6, 6.07) is 3.19. The molecule has 1 aliphatic carbocycles. The van der Waals surface area contributed by atoms with Crippen LogP contribution in [0.1, 0.15) is 56.1 Å². The molecule has 0 bridgehead atoms. The van der Waals surface area contributed by atoms with Crippen molar-refractivity contribution in [3.63, 3.8) is 0 Å². The van der Waals surface area contributed by atoms with E-state index < -0.39 is 53.3 Å². The topological polar surface area (TPSA) is 84.0 Å².